The first-order valence-corrected chi connectivity index (χ1v) is 7.42. The van der Waals surface area contributed by atoms with Gasteiger partial charge < -0.3 is 15.1 Å². The van der Waals surface area contributed by atoms with Gasteiger partial charge in [0, 0.05) is 32.6 Å². The highest BCUT2D eigenvalue weighted by Crippen LogP contribution is 2.21. The van der Waals surface area contributed by atoms with Crippen LogP contribution in [0.2, 0.25) is 0 Å². The number of carbonyl (C=O) groups excluding carboxylic acids is 2. The Labute approximate surface area is 115 Å². The molecule has 19 heavy (non-hydrogen) atoms. The van der Waals surface area contributed by atoms with Crippen molar-refractivity contribution in [2.45, 2.75) is 51.1 Å². The standard InChI is InChI=1S/C14H25N3O2/c1-3-13(18)17-9-5-4-6-12(17)14(19)16(2)11-7-8-15-10-11/h11-12,15H,3-10H2,1-2H3. The third-order valence-electron chi connectivity index (χ3n) is 4.34. The van der Waals surface area contributed by atoms with Crippen LogP contribution in [0, 0.1) is 0 Å². The molecule has 2 aliphatic heterocycles. The van der Waals surface area contributed by atoms with Gasteiger partial charge in [0.2, 0.25) is 11.8 Å². The van der Waals surface area contributed by atoms with E-state index in [0.29, 0.717) is 6.42 Å². The van der Waals surface area contributed by atoms with E-state index in [9.17, 15) is 9.59 Å². The summed E-state index contributed by atoms with van der Waals surface area (Å²) in [5.74, 6) is 0.228. The number of amides is 2. The minimum Gasteiger partial charge on any atom is -0.340 e. The summed E-state index contributed by atoms with van der Waals surface area (Å²) < 4.78 is 0. The molecule has 2 atom stereocenters. The van der Waals surface area contributed by atoms with E-state index in [0.717, 1.165) is 45.3 Å². The molecule has 2 heterocycles. The highest BCUT2D eigenvalue weighted by atomic mass is 16.2. The molecule has 2 unspecified atom stereocenters. The average Bonchev–Trinajstić information content (AvgIpc) is 2.99. The number of hydrogen-bond donors (Lipinski definition) is 1. The van der Waals surface area contributed by atoms with Crippen molar-refractivity contribution in [1.82, 2.24) is 15.1 Å². The monoisotopic (exact) mass is 267 g/mol. The molecular formula is C14H25N3O2. The van der Waals surface area contributed by atoms with Crippen LogP contribution in [-0.4, -0.2) is 60.4 Å². The van der Waals surface area contributed by atoms with Gasteiger partial charge in [0.15, 0.2) is 0 Å². The highest BCUT2D eigenvalue weighted by molar-refractivity contribution is 5.88. The van der Waals surface area contributed by atoms with Gasteiger partial charge in [0.05, 0.1) is 0 Å². The molecule has 2 aliphatic rings. The zero-order chi connectivity index (χ0) is 13.8. The molecule has 2 fully saturated rings. The lowest BCUT2D eigenvalue weighted by Crippen LogP contribution is -2.54. The molecule has 0 aliphatic carbocycles. The van der Waals surface area contributed by atoms with E-state index in [-0.39, 0.29) is 23.9 Å². The number of likely N-dealkylation sites (tertiary alicyclic amines) is 1. The van der Waals surface area contributed by atoms with Gasteiger partial charge in [-0.3, -0.25) is 9.59 Å². The number of nitrogens with zero attached hydrogens (tertiary/aromatic N) is 2. The third-order valence-corrected chi connectivity index (χ3v) is 4.34. The predicted octanol–water partition coefficient (Wildman–Crippen LogP) is 0.598. The van der Waals surface area contributed by atoms with Crippen molar-refractivity contribution in [3.63, 3.8) is 0 Å². The number of hydrogen-bond acceptors (Lipinski definition) is 3. The lowest BCUT2D eigenvalue weighted by Gasteiger charge is -2.38. The molecule has 5 nitrogen and oxygen atoms in total. The molecule has 0 aromatic rings. The molecule has 0 spiro atoms. The summed E-state index contributed by atoms with van der Waals surface area (Å²) in [4.78, 5) is 28.2. The fourth-order valence-electron chi connectivity index (χ4n) is 3.07. The van der Waals surface area contributed by atoms with Crippen LogP contribution in [0.25, 0.3) is 0 Å². The van der Waals surface area contributed by atoms with E-state index in [4.69, 9.17) is 0 Å². The van der Waals surface area contributed by atoms with Gasteiger partial charge >= 0.3 is 0 Å². The number of rotatable bonds is 3. The summed E-state index contributed by atoms with van der Waals surface area (Å²) in [5, 5.41) is 3.28. The van der Waals surface area contributed by atoms with Crippen LogP contribution in [0.4, 0.5) is 0 Å². The van der Waals surface area contributed by atoms with Crippen molar-refractivity contribution in [3.8, 4) is 0 Å². The number of likely N-dealkylation sites (N-methyl/N-ethyl adjacent to an activating group) is 1. The fraction of sp³-hybridized carbons (Fsp3) is 0.857. The van der Waals surface area contributed by atoms with Crippen LogP contribution in [-0.2, 0) is 9.59 Å². The van der Waals surface area contributed by atoms with Crippen LogP contribution >= 0.6 is 0 Å². The first-order valence-electron chi connectivity index (χ1n) is 7.42. The van der Waals surface area contributed by atoms with Crippen molar-refractivity contribution in [1.29, 1.82) is 0 Å². The zero-order valence-corrected chi connectivity index (χ0v) is 12.0. The first kappa shape index (κ1) is 14.3. The van der Waals surface area contributed by atoms with Crippen molar-refractivity contribution in [3.05, 3.63) is 0 Å². The van der Waals surface area contributed by atoms with Gasteiger partial charge in [-0.15, -0.1) is 0 Å². The maximum atomic E-state index is 12.6. The van der Waals surface area contributed by atoms with Gasteiger partial charge in [-0.2, -0.15) is 0 Å². The molecule has 0 aromatic heterocycles. The van der Waals surface area contributed by atoms with Crippen LogP contribution < -0.4 is 5.32 Å². The number of piperidine rings is 1. The summed E-state index contributed by atoms with van der Waals surface area (Å²) >= 11 is 0. The Morgan fingerprint density at radius 1 is 1.32 bits per heavy atom. The molecule has 0 bridgehead atoms. The fourth-order valence-corrected chi connectivity index (χ4v) is 3.07. The van der Waals surface area contributed by atoms with Crippen molar-refractivity contribution in [2.24, 2.45) is 0 Å². The molecule has 0 saturated carbocycles. The van der Waals surface area contributed by atoms with Crippen LogP contribution in [0.1, 0.15) is 39.0 Å². The zero-order valence-electron chi connectivity index (χ0n) is 12.0. The molecule has 2 amide bonds. The molecule has 2 rings (SSSR count). The van der Waals surface area contributed by atoms with Crippen molar-refractivity contribution in [2.75, 3.05) is 26.7 Å². The van der Waals surface area contributed by atoms with E-state index in [1.54, 1.807) is 4.90 Å². The Morgan fingerprint density at radius 2 is 2.11 bits per heavy atom. The van der Waals surface area contributed by atoms with Gasteiger partial charge in [0.25, 0.3) is 0 Å². The summed E-state index contributed by atoms with van der Waals surface area (Å²) in [7, 11) is 1.88. The summed E-state index contributed by atoms with van der Waals surface area (Å²) in [6.45, 7) is 4.45. The number of carbonyl (C=O) groups is 2. The first-order chi connectivity index (χ1) is 9.15. The molecule has 0 radical (unpaired) electrons. The minimum absolute atomic E-state index is 0.107. The Hall–Kier alpha value is -1.10. The van der Waals surface area contributed by atoms with E-state index in [2.05, 4.69) is 5.32 Å². The molecule has 0 aromatic carbocycles. The van der Waals surface area contributed by atoms with E-state index in [1.807, 2.05) is 18.9 Å². The van der Waals surface area contributed by atoms with Gasteiger partial charge in [-0.25, -0.2) is 0 Å². The largest absolute Gasteiger partial charge is 0.340 e. The maximum Gasteiger partial charge on any atom is 0.245 e. The lowest BCUT2D eigenvalue weighted by molar-refractivity contribution is -0.147. The molecule has 2 saturated heterocycles. The number of nitrogens with one attached hydrogen (secondary N) is 1. The highest BCUT2D eigenvalue weighted by Gasteiger charge is 2.35. The van der Waals surface area contributed by atoms with E-state index in [1.165, 1.54) is 0 Å². The molecule has 108 valence electrons. The molecular weight excluding hydrogens is 242 g/mol. The Morgan fingerprint density at radius 3 is 2.74 bits per heavy atom. The van der Waals surface area contributed by atoms with Crippen molar-refractivity contribution < 1.29 is 9.59 Å². The smallest absolute Gasteiger partial charge is 0.245 e. The second-order valence-corrected chi connectivity index (χ2v) is 5.55. The summed E-state index contributed by atoms with van der Waals surface area (Å²) in [6.07, 6.45) is 4.37. The van der Waals surface area contributed by atoms with Gasteiger partial charge in [-0.1, -0.05) is 6.92 Å². The Bertz CT molecular complexity index is 340. The average molecular weight is 267 g/mol. The quantitative estimate of drug-likeness (QED) is 0.814. The Kier molecular flexibility index (Phi) is 4.80. The SMILES string of the molecule is CCC(=O)N1CCCCC1C(=O)N(C)C1CCNC1. The van der Waals surface area contributed by atoms with Crippen LogP contribution in [0.5, 0.6) is 0 Å². The topological polar surface area (TPSA) is 52.7 Å². The molecule has 5 heteroatoms. The normalized spacial score (nSPS) is 27.4. The second kappa shape index (κ2) is 6.37. The van der Waals surface area contributed by atoms with E-state index >= 15 is 0 Å². The van der Waals surface area contributed by atoms with Crippen molar-refractivity contribution >= 4 is 11.8 Å². The minimum atomic E-state index is -0.230. The summed E-state index contributed by atoms with van der Waals surface area (Å²) in [5.41, 5.74) is 0. The van der Waals surface area contributed by atoms with Gasteiger partial charge in [-0.05, 0) is 32.2 Å². The Balaban J connectivity index is 2.04. The van der Waals surface area contributed by atoms with Gasteiger partial charge in [0.1, 0.15) is 6.04 Å². The van der Waals surface area contributed by atoms with E-state index < -0.39 is 0 Å². The van der Waals surface area contributed by atoms with Crippen LogP contribution in [0.3, 0.4) is 0 Å². The van der Waals surface area contributed by atoms with Crippen LogP contribution in [0.15, 0.2) is 0 Å². The maximum absolute atomic E-state index is 12.6. The lowest BCUT2D eigenvalue weighted by atomic mass is 9.99. The predicted molar refractivity (Wildman–Crippen MR) is 73.7 cm³/mol. The molecule has 1 N–H and O–H groups in total. The summed E-state index contributed by atoms with van der Waals surface area (Å²) in [6, 6.07) is 0.0554. The second-order valence-electron chi connectivity index (χ2n) is 5.55. The third kappa shape index (κ3) is 3.08.